The molecule has 19 heavy (non-hydrogen) atoms. The molecule has 0 bridgehead atoms. The Bertz CT molecular complexity index is 348. The van der Waals surface area contributed by atoms with E-state index in [1.54, 1.807) is 19.1 Å². The van der Waals surface area contributed by atoms with Gasteiger partial charge in [0, 0.05) is 27.1 Å². The SMILES string of the molecule is CO[C@H]1CCCC[C@@H]1NC(=O)N[C@H]1CC(=O)N(C)C1. The van der Waals surface area contributed by atoms with Gasteiger partial charge in [0.1, 0.15) is 0 Å². The predicted molar refractivity (Wildman–Crippen MR) is 70.8 cm³/mol. The van der Waals surface area contributed by atoms with E-state index < -0.39 is 0 Å². The monoisotopic (exact) mass is 269 g/mol. The number of likely N-dealkylation sites (tertiary alicyclic amines) is 1. The third kappa shape index (κ3) is 3.59. The van der Waals surface area contributed by atoms with Crippen molar-refractivity contribution in [2.75, 3.05) is 20.7 Å². The molecule has 6 heteroatoms. The highest BCUT2D eigenvalue weighted by Gasteiger charge is 2.30. The average Bonchev–Trinajstić information content (AvgIpc) is 2.68. The van der Waals surface area contributed by atoms with Gasteiger partial charge < -0.3 is 20.3 Å². The van der Waals surface area contributed by atoms with Crippen molar-refractivity contribution in [3.8, 4) is 0 Å². The van der Waals surface area contributed by atoms with Crippen LogP contribution in [-0.2, 0) is 9.53 Å². The maximum atomic E-state index is 11.9. The molecule has 1 saturated carbocycles. The number of likely N-dealkylation sites (N-methyl/N-ethyl adjacent to an activating group) is 1. The Labute approximate surface area is 113 Å². The molecule has 1 aliphatic carbocycles. The molecule has 1 aliphatic heterocycles. The minimum absolute atomic E-state index is 0.0774. The van der Waals surface area contributed by atoms with Crippen molar-refractivity contribution in [1.82, 2.24) is 15.5 Å². The van der Waals surface area contributed by atoms with Gasteiger partial charge >= 0.3 is 6.03 Å². The van der Waals surface area contributed by atoms with Crippen LogP contribution in [0.3, 0.4) is 0 Å². The van der Waals surface area contributed by atoms with E-state index in [9.17, 15) is 9.59 Å². The quantitative estimate of drug-likeness (QED) is 0.782. The lowest BCUT2D eigenvalue weighted by Gasteiger charge is -2.31. The molecule has 2 fully saturated rings. The zero-order valence-corrected chi connectivity index (χ0v) is 11.6. The van der Waals surface area contributed by atoms with Crippen molar-refractivity contribution < 1.29 is 14.3 Å². The molecule has 0 radical (unpaired) electrons. The molecule has 1 saturated heterocycles. The molecule has 6 nitrogen and oxygen atoms in total. The third-order valence-electron chi connectivity index (χ3n) is 4.00. The zero-order chi connectivity index (χ0) is 13.8. The van der Waals surface area contributed by atoms with Crippen LogP contribution < -0.4 is 10.6 Å². The highest BCUT2D eigenvalue weighted by Crippen LogP contribution is 2.20. The minimum atomic E-state index is -0.193. The molecule has 0 aromatic carbocycles. The number of urea groups is 1. The lowest BCUT2D eigenvalue weighted by atomic mass is 9.92. The Hall–Kier alpha value is -1.30. The van der Waals surface area contributed by atoms with E-state index >= 15 is 0 Å². The van der Waals surface area contributed by atoms with Crippen LogP contribution in [0.25, 0.3) is 0 Å². The van der Waals surface area contributed by atoms with E-state index in [1.165, 1.54) is 0 Å². The number of nitrogens with zero attached hydrogens (tertiary/aromatic N) is 1. The van der Waals surface area contributed by atoms with Gasteiger partial charge in [0.25, 0.3) is 0 Å². The molecule has 0 aromatic rings. The van der Waals surface area contributed by atoms with Gasteiger partial charge in [0.15, 0.2) is 0 Å². The van der Waals surface area contributed by atoms with Crippen LogP contribution >= 0.6 is 0 Å². The number of amides is 3. The van der Waals surface area contributed by atoms with Gasteiger partial charge in [-0.15, -0.1) is 0 Å². The Morgan fingerprint density at radius 3 is 2.68 bits per heavy atom. The second kappa shape index (κ2) is 6.23. The first-order valence-corrected chi connectivity index (χ1v) is 6.94. The summed E-state index contributed by atoms with van der Waals surface area (Å²) >= 11 is 0. The number of carbonyl (C=O) groups is 2. The molecule has 2 N–H and O–H groups in total. The summed E-state index contributed by atoms with van der Waals surface area (Å²) in [4.78, 5) is 25.0. The minimum Gasteiger partial charge on any atom is -0.379 e. The van der Waals surface area contributed by atoms with Gasteiger partial charge in [0.05, 0.1) is 18.2 Å². The molecule has 3 atom stereocenters. The number of hydrogen-bond donors (Lipinski definition) is 2. The largest absolute Gasteiger partial charge is 0.379 e. The predicted octanol–water partition coefficient (Wildman–Crippen LogP) is 0.474. The lowest BCUT2D eigenvalue weighted by Crippen LogP contribution is -2.52. The van der Waals surface area contributed by atoms with Crippen molar-refractivity contribution in [1.29, 1.82) is 0 Å². The number of hydrogen-bond acceptors (Lipinski definition) is 3. The smallest absolute Gasteiger partial charge is 0.315 e. The van der Waals surface area contributed by atoms with Crippen molar-refractivity contribution in [2.24, 2.45) is 0 Å². The first kappa shape index (κ1) is 14.1. The average molecular weight is 269 g/mol. The molecule has 0 aromatic heterocycles. The van der Waals surface area contributed by atoms with Crippen LogP contribution in [0, 0.1) is 0 Å². The molecule has 0 unspecified atom stereocenters. The van der Waals surface area contributed by atoms with Crippen molar-refractivity contribution in [2.45, 2.75) is 50.3 Å². The Morgan fingerprint density at radius 2 is 2.05 bits per heavy atom. The van der Waals surface area contributed by atoms with Crippen molar-refractivity contribution in [3.05, 3.63) is 0 Å². The number of carbonyl (C=O) groups excluding carboxylic acids is 2. The van der Waals surface area contributed by atoms with Crippen LogP contribution in [0.4, 0.5) is 4.79 Å². The van der Waals surface area contributed by atoms with E-state index in [4.69, 9.17) is 4.74 Å². The van der Waals surface area contributed by atoms with Gasteiger partial charge in [0.2, 0.25) is 5.91 Å². The lowest BCUT2D eigenvalue weighted by molar-refractivity contribution is -0.126. The van der Waals surface area contributed by atoms with Crippen LogP contribution in [-0.4, -0.2) is 55.7 Å². The second-order valence-electron chi connectivity index (χ2n) is 5.46. The zero-order valence-electron chi connectivity index (χ0n) is 11.6. The Morgan fingerprint density at radius 1 is 1.32 bits per heavy atom. The standard InChI is InChI=1S/C13H23N3O3/c1-16-8-9(7-12(16)17)14-13(18)15-10-5-3-4-6-11(10)19-2/h9-11H,3-8H2,1-2H3,(H2,14,15,18)/t9-,10-,11-/m0/s1. The van der Waals surface area contributed by atoms with E-state index in [0.29, 0.717) is 13.0 Å². The van der Waals surface area contributed by atoms with Crippen LogP contribution in [0.5, 0.6) is 0 Å². The maximum Gasteiger partial charge on any atom is 0.315 e. The molecular formula is C13H23N3O3. The molecule has 2 aliphatic rings. The molecule has 0 spiro atoms. The Kier molecular flexibility index (Phi) is 4.63. The molecule has 3 amide bonds. The van der Waals surface area contributed by atoms with Gasteiger partial charge in [-0.05, 0) is 12.8 Å². The highest BCUT2D eigenvalue weighted by atomic mass is 16.5. The summed E-state index contributed by atoms with van der Waals surface area (Å²) in [6.45, 7) is 0.588. The Balaban J connectivity index is 1.79. The maximum absolute atomic E-state index is 11.9. The first-order chi connectivity index (χ1) is 9.10. The highest BCUT2D eigenvalue weighted by molar-refractivity contribution is 5.81. The molecule has 1 heterocycles. The van der Waals surface area contributed by atoms with E-state index in [-0.39, 0.29) is 30.1 Å². The summed E-state index contributed by atoms with van der Waals surface area (Å²) in [5.74, 6) is 0.0812. The summed E-state index contributed by atoms with van der Waals surface area (Å²) in [7, 11) is 3.44. The summed E-state index contributed by atoms with van der Waals surface area (Å²) in [5.41, 5.74) is 0. The summed E-state index contributed by atoms with van der Waals surface area (Å²) < 4.78 is 5.40. The van der Waals surface area contributed by atoms with E-state index in [2.05, 4.69) is 10.6 Å². The normalized spacial score (nSPS) is 31.4. The van der Waals surface area contributed by atoms with Gasteiger partial charge in [-0.2, -0.15) is 0 Å². The molecule has 2 rings (SSSR count). The second-order valence-corrected chi connectivity index (χ2v) is 5.46. The fraction of sp³-hybridized carbons (Fsp3) is 0.846. The number of nitrogens with one attached hydrogen (secondary N) is 2. The fourth-order valence-corrected chi connectivity index (χ4v) is 2.90. The van der Waals surface area contributed by atoms with Crippen LogP contribution in [0.1, 0.15) is 32.1 Å². The third-order valence-corrected chi connectivity index (χ3v) is 4.00. The molecular weight excluding hydrogens is 246 g/mol. The van der Waals surface area contributed by atoms with Crippen molar-refractivity contribution in [3.63, 3.8) is 0 Å². The van der Waals surface area contributed by atoms with Crippen LogP contribution in [0.2, 0.25) is 0 Å². The summed E-state index contributed by atoms with van der Waals surface area (Å²) in [6.07, 6.45) is 4.71. The van der Waals surface area contributed by atoms with Gasteiger partial charge in [-0.1, -0.05) is 12.8 Å². The van der Waals surface area contributed by atoms with Crippen LogP contribution in [0.15, 0.2) is 0 Å². The first-order valence-electron chi connectivity index (χ1n) is 6.94. The number of rotatable bonds is 3. The number of methoxy groups -OCH3 is 1. The topological polar surface area (TPSA) is 70.7 Å². The summed E-state index contributed by atoms with van der Waals surface area (Å²) in [6, 6.07) is -0.197. The van der Waals surface area contributed by atoms with Gasteiger partial charge in [-0.3, -0.25) is 4.79 Å². The van der Waals surface area contributed by atoms with Crippen molar-refractivity contribution >= 4 is 11.9 Å². The van der Waals surface area contributed by atoms with E-state index in [1.807, 2.05) is 0 Å². The number of ether oxygens (including phenoxy) is 1. The fourth-order valence-electron chi connectivity index (χ4n) is 2.90. The summed E-state index contributed by atoms with van der Waals surface area (Å²) in [5, 5.41) is 5.84. The molecule has 108 valence electrons. The van der Waals surface area contributed by atoms with E-state index in [0.717, 1.165) is 25.7 Å². The van der Waals surface area contributed by atoms with Gasteiger partial charge in [-0.25, -0.2) is 4.79 Å².